The highest BCUT2D eigenvalue weighted by molar-refractivity contribution is 7.89. The Bertz CT molecular complexity index is 485. The molecule has 6 nitrogen and oxygen atoms in total. The highest BCUT2D eigenvalue weighted by atomic mass is 35.5. The lowest BCUT2D eigenvalue weighted by Gasteiger charge is -2.22. The van der Waals surface area contributed by atoms with Gasteiger partial charge in [0.1, 0.15) is 10.0 Å². The summed E-state index contributed by atoms with van der Waals surface area (Å²) in [6.45, 7) is 1.59. The second-order valence-electron chi connectivity index (χ2n) is 3.74. The van der Waals surface area contributed by atoms with Crippen molar-refractivity contribution in [2.75, 3.05) is 26.4 Å². The maximum atomic E-state index is 11.9. The first-order chi connectivity index (χ1) is 8.58. The minimum atomic E-state index is -3.58. The molecule has 1 atom stereocenters. The third-order valence-corrected chi connectivity index (χ3v) is 4.03. The van der Waals surface area contributed by atoms with Crippen molar-refractivity contribution in [1.82, 2.24) is 9.71 Å². The number of hydrogen-bond donors (Lipinski definition) is 1. The fourth-order valence-corrected chi connectivity index (χ4v) is 2.58. The van der Waals surface area contributed by atoms with E-state index in [9.17, 15) is 8.42 Å². The number of nitrogens with zero attached hydrogens (tertiary/aromatic N) is 1. The molecule has 2 rings (SSSR count). The number of aromatic nitrogens is 1. The standard InChI is InChI=1S/C10H13ClN2O4S/c11-10-2-1-9(6-12-10)18(14,15)13-5-8-7-16-3-4-17-8/h1-2,6,8,13H,3-5,7H2. The zero-order chi connectivity index (χ0) is 13.0. The first-order valence-electron chi connectivity index (χ1n) is 5.38. The molecule has 1 saturated heterocycles. The summed E-state index contributed by atoms with van der Waals surface area (Å²) >= 11 is 5.60. The quantitative estimate of drug-likeness (QED) is 0.814. The Morgan fingerprint density at radius 2 is 2.28 bits per heavy atom. The Hall–Kier alpha value is -0.730. The molecule has 1 aromatic heterocycles. The number of sulfonamides is 1. The fourth-order valence-electron chi connectivity index (χ4n) is 1.46. The zero-order valence-corrected chi connectivity index (χ0v) is 11.1. The smallest absolute Gasteiger partial charge is 0.242 e. The first-order valence-corrected chi connectivity index (χ1v) is 7.24. The monoisotopic (exact) mass is 292 g/mol. The van der Waals surface area contributed by atoms with Crippen LogP contribution < -0.4 is 4.72 Å². The largest absolute Gasteiger partial charge is 0.376 e. The van der Waals surface area contributed by atoms with Crippen molar-refractivity contribution in [3.8, 4) is 0 Å². The third-order valence-electron chi connectivity index (χ3n) is 2.40. The highest BCUT2D eigenvalue weighted by Crippen LogP contribution is 2.11. The van der Waals surface area contributed by atoms with Crippen LogP contribution in [0.1, 0.15) is 0 Å². The molecule has 2 heterocycles. The number of nitrogens with one attached hydrogen (secondary N) is 1. The Balaban J connectivity index is 1.96. The van der Waals surface area contributed by atoms with Crippen LogP contribution in [0.5, 0.6) is 0 Å². The average molecular weight is 293 g/mol. The van der Waals surface area contributed by atoms with E-state index >= 15 is 0 Å². The van der Waals surface area contributed by atoms with Crippen molar-refractivity contribution in [3.63, 3.8) is 0 Å². The lowest BCUT2D eigenvalue weighted by molar-refractivity contribution is -0.0846. The van der Waals surface area contributed by atoms with Crippen LogP contribution >= 0.6 is 11.6 Å². The molecule has 1 unspecified atom stereocenters. The summed E-state index contributed by atoms with van der Waals surface area (Å²) in [4.78, 5) is 3.80. The number of pyridine rings is 1. The Morgan fingerprint density at radius 3 is 2.89 bits per heavy atom. The topological polar surface area (TPSA) is 77.5 Å². The van der Waals surface area contributed by atoms with Crippen LogP contribution in [0.4, 0.5) is 0 Å². The molecular weight excluding hydrogens is 280 g/mol. The van der Waals surface area contributed by atoms with E-state index in [1.807, 2.05) is 0 Å². The van der Waals surface area contributed by atoms with Crippen molar-refractivity contribution in [2.45, 2.75) is 11.0 Å². The van der Waals surface area contributed by atoms with E-state index in [1.54, 1.807) is 0 Å². The third kappa shape index (κ3) is 3.63. The molecule has 18 heavy (non-hydrogen) atoms. The van der Waals surface area contributed by atoms with Crippen LogP contribution in [0, 0.1) is 0 Å². The average Bonchev–Trinajstić information content (AvgIpc) is 2.38. The van der Waals surface area contributed by atoms with E-state index < -0.39 is 10.0 Å². The number of rotatable bonds is 4. The molecule has 0 aromatic carbocycles. The fraction of sp³-hybridized carbons (Fsp3) is 0.500. The van der Waals surface area contributed by atoms with Crippen molar-refractivity contribution in [2.24, 2.45) is 0 Å². The summed E-state index contributed by atoms with van der Waals surface area (Å²) < 4.78 is 36.8. The minimum absolute atomic E-state index is 0.0728. The summed E-state index contributed by atoms with van der Waals surface area (Å²) in [6.07, 6.45) is 0.955. The maximum absolute atomic E-state index is 11.9. The Kier molecular flexibility index (Phi) is 4.52. The number of hydrogen-bond acceptors (Lipinski definition) is 5. The van der Waals surface area contributed by atoms with Gasteiger partial charge >= 0.3 is 0 Å². The molecule has 1 N–H and O–H groups in total. The van der Waals surface area contributed by atoms with Crippen LogP contribution in [-0.2, 0) is 19.5 Å². The molecule has 1 aromatic rings. The van der Waals surface area contributed by atoms with Crippen LogP contribution in [-0.4, -0.2) is 45.9 Å². The van der Waals surface area contributed by atoms with Gasteiger partial charge in [0, 0.05) is 12.7 Å². The van der Waals surface area contributed by atoms with E-state index in [4.69, 9.17) is 21.1 Å². The highest BCUT2D eigenvalue weighted by Gasteiger charge is 2.19. The molecule has 8 heteroatoms. The van der Waals surface area contributed by atoms with Crippen LogP contribution in [0.3, 0.4) is 0 Å². The minimum Gasteiger partial charge on any atom is -0.376 e. The van der Waals surface area contributed by atoms with Gasteiger partial charge in [0.05, 0.1) is 25.9 Å². The van der Waals surface area contributed by atoms with Gasteiger partial charge in [-0.05, 0) is 12.1 Å². The molecule has 1 aliphatic rings. The lowest BCUT2D eigenvalue weighted by Crippen LogP contribution is -2.39. The molecule has 0 aliphatic carbocycles. The van der Waals surface area contributed by atoms with Crippen LogP contribution in [0.2, 0.25) is 5.15 Å². The van der Waals surface area contributed by atoms with Crippen molar-refractivity contribution >= 4 is 21.6 Å². The molecule has 0 bridgehead atoms. The molecule has 1 aliphatic heterocycles. The summed E-state index contributed by atoms with van der Waals surface area (Å²) in [5.74, 6) is 0. The second kappa shape index (κ2) is 5.94. The van der Waals surface area contributed by atoms with E-state index in [2.05, 4.69) is 9.71 Å². The Morgan fingerprint density at radius 1 is 1.44 bits per heavy atom. The van der Waals surface area contributed by atoms with E-state index in [0.29, 0.717) is 19.8 Å². The molecule has 1 fully saturated rings. The van der Waals surface area contributed by atoms with E-state index in [0.717, 1.165) is 0 Å². The molecular formula is C10H13ClN2O4S. The summed E-state index contributed by atoms with van der Waals surface area (Å²) in [6, 6.07) is 2.83. The normalized spacial score (nSPS) is 20.8. The van der Waals surface area contributed by atoms with Crippen molar-refractivity contribution in [3.05, 3.63) is 23.5 Å². The molecule has 100 valence electrons. The van der Waals surface area contributed by atoms with E-state index in [1.165, 1.54) is 18.3 Å². The van der Waals surface area contributed by atoms with Crippen molar-refractivity contribution in [1.29, 1.82) is 0 Å². The van der Waals surface area contributed by atoms with Crippen molar-refractivity contribution < 1.29 is 17.9 Å². The maximum Gasteiger partial charge on any atom is 0.242 e. The van der Waals surface area contributed by atoms with E-state index in [-0.39, 0.29) is 22.7 Å². The van der Waals surface area contributed by atoms with Gasteiger partial charge in [-0.15, -0.1) is 0 Å². The second-order valence-corrected chi connectivity index (χ2v) is 5.89. The van der Waals surface area contributed by atoms with Gasteiger partial charge < -0.3 is 9.47 Å². The van der Waals surface area contributed by atoms with Gasteiger partial charge in [-0.3, -0.25) is 0 Å². The predicted molar refractivity (Wildman–Crippen MR) is 65.0 cm³/mol. The predicted octanol–water partition coefficient (Wildman–Crippen LogP) is 0.429. The first kappa shape index (κ1) is 13.7. The van der Waals surface area contributed by atoms with Gasteiger partial charge in [0.2, 0.25) is 10.0 Å². The summed E-state index contributed by atoms with van der Waals surface area (Å²) in [5.41, 5.74) is 0. The number of halogens is 1. The van der Waals surface area contributed by atoms with Crippen LogP contribution in [0.15, 0.2) is 23.2 Å². The summed E-state index contributed by atoms with van der Waals surface area (Å²) in [7, 11) is -3.58. The van der Waals surface area contributed by atoms with Crippen LogP contribution in [0.25, 0.3) is 0 Å². The van der Waals surface area contributed by atoms with Gasteiger partial charge in [-0.25, -0.2) is 18.1 Å². The molecule has 0 amide bonds. The summed E-state index contributed by atoms with van der Waals surface area (Å²) in [5, 5.41) is 0.248. The van der Waals surface area contributed by atoms with Gasteiger partial charge in [-0.1, -0.05) is 11.6 Å². The lowest BCUT2D eigenvalue weighted by atomic mass is 10.3. The zero-order valence-electron chi connectivity index (χ0n) is 9.50. The van der Waals surface area contributed by atoms with Gasteiger partial charge in [0.15, 0.2) is 0 Å². The molecule has 0 spiro atoms. The molecule has 0 saturated carbocycles. The van der Waals surface area contributed by atoms with Gasteiger partial charge in [-0.2, -0.15) is 0 Å². The number of ether oxygens (including phenoxy) is 2. The SMILES string of the molecule is O=S(=O)(NCC1COCCO1)c1ccc(Cl)nc1. The molecule has 0 radical (unpaired) electrons. The van der Waals surface area contributed by atoms with Gasteiger partial charge in [0.25, 0.3) is 0 Å². The Labute approximate surface area is 110 Å².